The van der Waals surface area contributed by atoms with E-state index >= 15 is 0 Å². The summed E-state index contributed by atoms with van der Waals surface area (Å²) < 4.78 is 0.369. The van der Waals surface area contributed by atoms with Gasteiger partial charge in [-0.15, -0.1) is 0 Å². The molecular weight excluding hydrogens is 208 g/mol. The molecule has 1 aliphatic heterocycles. The summed E-state index contributed by atoms with van der Waals surface area (Å²) in [6, 6.07) is 0. The Kier molecular flexibility index (Phi) is 3.57. The highest BCUT2D eigenvalue weighted by molar-refractivity contribution is 8.00. The molecule has 4 heteroatoms. The monoisotopic (exact) mass is 228 g/mol. The Labute approximate surface area is 95.8 Å². The van der Waals surface area contributed by atoms with E-state index in [-0.39, 0.29) is 5.91 Å². The van der Waals surface area contributed by atoms with Crippen LogP contribution in [-0.4, -0.2) is 36.5 Å². The predicted octanol–water partition coefficient (Wildman–Crippen LogP) is 0.998. The minimum Gasteiger partial charge on any atom is -0.355 e. The summed E-state index contributed by atoms with van der Waals surface area (Å²) in [7, 11) is 0. The molecule has 2 fully saturated rings. The van der Waals surface area contributed by atoms with Gasteiger partial charge in [0.25, 0.3) is 0 Å². The lowest BCUT2D eigenvalue weighted by Gasteiger charge is -2.40. The molecule has 0 bridgehead atoms. The van der Waals surface area contributed by atoms with Crippen molar-refractivity contribution in [3.8, 4) is 0 Å². The molecule has 86 valence electrons. The fraction of sp³-hybridized carbons (Fsp3) is 0.909. The highest BCUT2D eigenvalue weighted by atomic mass is 32.2. The maximum absolute atomic E-state index is 11.6. The molecule has 2 N–H and O–H groups in total. The zero-order chi connectivity index (χ0) is 10.7. The van der Waals surface area contributed by atoms with Gasteiger partial charge in [0.2, 0.25) is 5.91 Å². The SMILES string of the molecule is CSC1(CNC(=O)CC2CNC2)CCC1. The van der Waals surface area contributed by atoms with Gasteiger partial charge in [-0.25, -0.2) is 0 Å². The van der Waals surface area contributed by atoms with Crippen LogP contribution in [0.25, 0.3) is 0 Å². The molecule has 15 heavy (non-hydrogen) atoms. The van der Waals surface area contributed by atoms with E-state index in [2.05, 4.69) is 16.9 Å². The second-order valence-corrected chi connectivity index (χ2v) is 6.02. The molecule has 2 aliphatic rings. The van der Waals surface area contributed by atoms with Gasteiger partial charge in [0.05, 0.1) is 0 Å². The number of thioether (sulfide) groups is 1. The molecule has 1 saturated heterocycles. The first kappa shape index (κ1) is 11.3. The number of carbonyl (C=O) groups is 1. The molecule has 1 aliphatic carbocycles. The third-order valence-corrected chi connectivity index (χ3v) is 5.06. The van der Waals surface area contributed by atoms with Gasteiger partial charge in [-0.1, -0.05) is 6.42 Å². The van der Waals surface area contributed by atoms with Gasteiger partial charge in [0.1, 0.15) is 0 Å². The molecule has 0 radical (unpaired) electrons. The van der Waals surface area contributed by atoms with E-state index in [1.165, 1.54) is 19.3 Å². The smallest absolute Gasteiger partial charge is 0.220 e. The Morgan fingerprint density at radius 2 is 2.27 bits per heavy atom. The standard InChI is InChI=1S/C11H20N2OS/c1-15-11(3-2-4-11)8-13-10(14)5-9-6-12-7-9/h9,12H,2-8H2,1H3,(H,13,14). The fourth-order valence-corrected chi connectivity index (χ4v) is 3.02. The van der Waals surface area contributed by atoms with E-state index in [9.17, 15) is 4.79 Å². The molecule has 0 spiro atoms. The van der Waals surface area contributed by atoms with Gasteiger partial charge in [-0.3, -0.25) is 4.79 Å². The number of hydrogen-bond donors (Lipinski definition) is 2. The Balaban J connectivity index is 1.65. The van der Waals surface area contributed by atoms with Crippen molar-refractivity contribution >= 4 is 17.7 Å². The van der Waals surface area contributed by atoms with Crippen LogP contribution in [0.15, 0.2) is 0 Å². The highest BCUT2D eigenvalue weighted by Crippen LogP contribution is 2.42. The normalized spacial score (nSPS) is 24.1. The van der Waals surface area contributed by atoms with E-state index < -0.39 is 0 Å². The summed E-state index contributed by atoms with van der Waals surface area (Å²) >= 11 is 1.91. The lowest BCUT2D eigenvalue weighted by Crippen LogP contribution is -2.48. The largest absolute Gasteiger partial charge is 0.355 e. The summed E-state index contributed by atoms with van der Waals surface area (Å²) in [5, 5.41) is 6.28. The molecule has 0 unspecified atom stereocenters. The fourth-order valence-electron chi connectivity index (χ4n) is 2.11. The zero-order valence-electron chi connectivity index (χ0n) is 9.34. The first-order valence-electron chi connectivity index (χ1n) is 5.77. The van der Waals surface area contributed by atoms with Crippen LogP contribution in [0.2, 0.25) is 0 Å². The van der Waals surface area contributed by atoms with Crippen molar-refractivity contribution in [2.45, 2.75) is 30.4 Å². The molecular formula is C11H20N2OS. The molecule has 2 rings (SSSR count). The Morgan fingerprint density at radius 1 is 1.53 bits per heavy atom. The Morgan fingerprint density at radius 3 is 2.67 bits per heavy atom. The average Bonchev–Trinajstić information content (AvgIpc) is 2.10. The van der Waals surface area contributed by atoms with Crippen LogP contribution >= 0.6 is 11.8 Å². The summed E-state index contributed by atoms with van der Waals surface area (Å²) in [6.45, 7) is 2.90. The van der Waals surface area contributed by atoms with Crippen molar-refractivity contribution in [3.05, 3.63) is 0 Å². The van der Waals surface area contributed by atoms with Crippen molar-refractivity contribution < 1.29 is 4.79 Å². The van der Waals surface area contributed by atoms with Crippen molar-refractivity contribution in [1.29, 1.82) is 0 Å². The van der Waals surface area contributed by atoms with E-state index in [1.54, 1.807) is 0 Å². The van der Waals surface area contributed by atoms with E-state index in [0.29, 0.717) is 17.1 Å². The minimum atomic E-state index is 0.238. The van der Waals surface area contributed by atoms with Crippen LogP contribution in [-0.2, 0) is 4.79 Å². The van der Waals surface area contributed by atoms with Gasteiger partial charge in [0, 0.05) is 17.7 Å². The Bertz CT molecular complexity index is 231. The number of amides is 1. The summed E-state index contributed by atoms with van der Waals surface area (Å²) in [5.41, 5.74) is 0. The number of hydrogen-bond acceptors (Lipinski definition) is 3. The van der Waals surface area contributed by atoms with Crippen LogP contribution < -0.4 is 10.6 Å². The molecule has 0 aromatic heterocycles. The summed E-state index contributed by atoms with van der Waals surface area (Å²) in [6.07, 6.45) is 6.71. The minimum absolute atomic E-state index is 0.238. The summed E-state index contributed by atoms with van der Waals surface area (Å²) in [4.78, 5) is 11.6. The second-order valence-electron chi connectivity index (χ2n) is 4.75. The Hall–Kier alpha value is -0.220. The third kappa shape index (κ3) is 2.67. The van der Waals surface area contributed by atoms with Crippen LogP contribution in [0.3, 0.4) is 0 Å². The molecule has 1 heterocycles. The van der Waals surface area contributed by atoms with E-state index in [1.807, 2.05) is 11.8 Å². The van der Waals surface area contributed by atoms with Crippen LogP contribution in [0.1, 0.15) is 25.7 Å². The lowest BCUT2D eigenvalue weighted by atomic mass is 9.84. The molecule has 0 aromatic carbocycles. The van der Waals surface area contributed by atoms with Gasteiger partial charge in [0.15, 0.2) is 0 Å². The second kappa shape index (κ2) is 4.74. The maximum atomic E-state index is 11.6. The number of carbonyl (C=O) groups excluding carboxylic acids is 1. The average molecular weight is 228 g/mol. The third-order valence-electron chi connectivity index (χ3n) is 3.65. The van der Waals surface area contributed by atoms with Crippen molar-refractivity contribution in [1.82, 2.24) is 10.6 Å². The maximum Gasteiger partial charge on any atom is 0.220 e. The first-order valence-corrected chi connectivity index (χ1v) is 6.99. The number of nitrogens with one attached hydrogen (secondary N) is 2. The van der Waals surface area contributed by atoms with E-state index in [4.69, 9.17) is 0 Å². The molecule has 3 nitrogen and oxygen atoms in total. The molecule has 0 aromatic rings. The van der Waals surface area contributed by atoms with Gasteiger partial charge in [-0.2, -0.15) is 11.8 Å². The zero-order valence-corrected chi connectivity index (χ0v) is 10.2. The van der Waals surface area contributed by atoms with Gasteiger partial charge >= 0.3 is 0 Å². The van der Waals surface area contributed by atoms with Crippen molar-refractivity contribution in [2.75, 3.05) is 25.9 Å². The van der Waals surface area contributed by atoms with Crippen LogP contribution in [0.5, 0.6) is 0 Å². The molecule has 0 atom stereocenters. The lowest BCUT2D eigenvalue weighted by molar-refractivity contribution is -0.122. The van der Waals surface area contributed by atoms with Gasteiger partial charge in [-0.05, 0) is 38.1 Å². The predicted molar refractivity (Wildman–Crippen MR) is 64.1 cm³/mol. The molecule has 1 amide bonds. The van der Waals surface area contributed by atoms with Crippen LogP contribution in [0.4, 0.5) is 0 Å². The van der Waals surface area contributed by atoms with Crippen molar-refractivity contribution in [3.63, 3.8) is 0 Å². The quantitative estimate of drug-likeness (QED) is 0.737. The number of rotatable bonds is 5. The summed E-state index contributed by atoms with van der Waals surface area (Å²) in [5.74, 6) is 0.818. The highest BCUT2D eigenvalue weighted by Gasteiger charge is 2.36. The van der Waals surface area contributed by atoms with Gasteiger partial charge < -0.3 is 10.6 Å². The molecule has 1 saturated carbocycles. The topological polar surface area (TPSA) is 41.1 Å². The first-order chi connectivity index (χ1) is 7.24. The van der Waals surface area contributed by atoms with E-state index in [0.717, 1.165) is 19.6 Å². The van der Waals surface area contributed by atoms with Crippen molar-refractivity contribution in [2.24, 2.45) is 5.92 Å². The van der Waals surface area contributed by atoms with Crippen LogP contribution in [0, 0.1) is 5.92 Å².